The van der Waals surface area contributed by atoms with Crippen molar-refractivity contribution in [3.8, 4) is 11.8 Å². The highest BCUT2D eigenvalue weighted by atomic mass is 19.1. The average Bonchev–Trinajstić information content (AvgIpc) is 2.76. The number of hydrogen-bond acceptors (Lipinski definition) is 6. The first kappa shape index (κ1) is 22.7. The fourth-order valence-corrected chi connectivity index (χ4v) is 3.68. The number of nitriles is 1. The summed E-state index contributed by atoms with van der Waals surface area (Å²) < 4.78 is 16.0. The third-order valence-corrected chi connectivity index (χ3v) is 5.29. The Balaban J connectivity index is 2.00. The quantitative estimate of drug-likeness (QED) is 0.663. The van der Waals surface area contributed by atoms with Crippen LogP contribution in [0.15, 0.2) is 33.9 Å². The van der Waals surface area contributed by atoms with Crippen LogP contribution in [-0.4, -0.2) is 45.2 Å². The number of carboxylic acids is 1. The Bertz CT molecular complexity index is 1210. The van der Waals surface area contributed by atoms with E-state index in [1.165, 1.54) is 19.2 Å². The minimum atomic E-state index is -1.07. The summed E-state index contributed by atoms with van der Waals surface area (Å²) in [6.45, 7) is 0.716. The SMILES string of the molecule is Cn1c(=O)cc(N2CCC[C@@H](NC(=O)CCC(=O)O)C2)n(-c2cc(F)ccc2C#N)c1=O. The number of carboxylic acid groups (broad SMARTS) is 1. The van der Waals surface area contributed by atoms with E-state index in [-0.39, 0.29) is 42.5 Å². The zero-order valence-corrected chi connectivity index (χ0v) is 17.4. The standard InChI is InChI=1S/C21H22FN5O5/c1-25-19(29)10-18(27(21(25)32)16-9-14(22)5-4-13(16)11-23)26-8-2-3-15(12-26)24-17(28)6-7-20(30)31/h4-5,9-10,15H,2-3,6-8,12H2,1H3,(H,24,28)(H,30,31)/t15-/m1/s1. The highest BCUT2D eigenvalue weighted by Gasteiger charge is 2.26. The molecule has 2 aromatic rings. The van der Waals surface area contributed by atoms with E-state index < -0.39 is 28.9 Å². The second kappa shape index (κ2) is 9.47. The van der Waals surface area contributed by atoms with Crippen LogP contribution in [0.2, 0.25) is 0 Å². The lowest BCUT2D eigenvalue weighted by atomic mass is 10.1. The van der Waals surface area contributed by atoms with Crippen LogP contribution in [0.1, 0.15) is 31.2 Å². The number of nitrogens with zero attached hydrogens (tertiary/aromatic N) is 4. The lowest BCUT2D eigenvalue weighted by Gasteiger charge is -2.35. The summed E-state index contributed by atoms with van der Waals surface area (Å²) in [5.41, 5.74) is -1.23. The maximum atomic E-state index is 14.0. The summed E-state index contributed by atoms with van der Waals surface area (Å²) >= 11 is 0. The fraction of sp³-hybridized carbons (Fsp3) is 0.381. The fourth-order valence-electron chi connectivity index (χ4n) is 3.68. The Morgan fingerprint density at radius 1 is 1.28 bits per heavy atom. The van der Waals surface area contributed by atoms with Crippen LogP contribution in [0.25, 0.3) is 5.69 Å². The first-order valence-corrected chi connectivity index (χ1v) is 10.0. The highest BCUT2D eigenvalue weighted by molar-refractivity contribution is 5.80. The summed E-state index contributed by atoms with van der Waals surface area (Å²) in [4.78, 5) is 49.8. The molecule has 0 aliphatic carbocycles. The maximum absolute atomic E-state index is 14.0. The van der Waals surface area contributed by atoms with Crippen LogP contribution in [-0.2, 0) is 16.6 Å². The van der Waals surface area contributed by atoms with E-state index in [2.05, 4.69) is 5.32 Å². The molecule has 1 amide bonds. The van der Waals surface area contributed by atoms with Crippen molar-refractivity contribution in [1.82, 2.24) is 14.5 Å². The van der Waals surface area contributed by atoms with Crippen molar-refractivity contribution < 1.29 is 19.1 Å². The van der Waals surface area contributed by atoms with Crippen molar-refractivity contribution in [2.24, 2.45) is 7.05 Å². The van der Waals surface area contributed by atoms with Gasteiger partial charge in [-0.25, -0.2) is 13.8 Å². The Hall–Kier alpha value is -3.94. The lowest BCUT2D eigenvalue weighted by Crippen LogP contribution is -2.50. The van der Waals surface area contributed by atoms with E-state index in [0.29, 0.717) is 19.4 Å². The molecule has 11 heteroatoms. The van der Waals surface area contributed by atoms with Gasteiger partial charge >= 0.3 is 11.7 Å². The number of anilines is 1. The number of rotatable bonds is 6. The molecule has 1 aromatic carbocycles. The molecule has 0 saturated carbocycles. The largest absolute Gasteiger partial charge is 0.481 e. The van der Waals surface area contributed by atoms with Crippen LogP contribution in [0, 0.1) is 17.1 Å². The van der Waals surface area contributed by atoms with E-state index >= 15 is 0 Å². The molecule has 0 bridgehead atoms. The predicted molar refractivity (Wildman–Crippen MR) is 112 cm³/mol. The van der Waals surface area contributed by atoms with Crippen LogP contribution in [0.3, 0.4) is 0 Å². The maximum Gasteiger partial charge on any atom is 0.336 e. The van der Waals surface area contributed by atoms with Gasteiger partial charge in [0.15, 0.2) is 0 Å². The molecular formula is C21H22FN5O5. The smallest absolute Gasteiger partial charge is 0.336 e. The van der Waals surface area contributed by atoms with E-state index in [9.17, 15) is 28.8 Å². The average molecular weight is 443 g/mol. The molecule has 2 heterocycles. The van der Waals surface area contributed by atoms with Gasteiger partial charge in [0.05, 0.1) is 17.7 Å². The Kier molecular flexibility index (Phi) is 6.73. The van der Waals surface area contributed by atoms with E-state index in [4.69, 9.17) is 5.11 Å². The minimum Gasteiger partial charge on any atom is -0.481 e. The van der Waals surface area contributed by atoms with Gasteiger partial charge in [-0.2, -0.15) is 5.26 Å². The summed E-state index contributed by atoms with van der Waals surface area (Å²) in [7, 11) is 1.29. The second-order valence-corrected chi connectivity index (χ2v) is 7.54. The van der Waals surface area contributed by atoms with Gasteiger partial charge in [0.2, 0.25) is 5.91 Å². The second-order valence-electron chi connectivity index (χ2n) is 7.54. The third-order valence-electron chi connectivity index (χ3n) is 5.29. The van der Waals surface area contributed by atoms with Crippen molar-refractivity contribution in [1.29, 1.82) is 5.26 Å². The van der Waals surface area contributed by atoms with E-state index in [1.807, 2.05) is 6.07 Å². The van der Waals surface area contributed by atoms with E-state index in [1.54, 1.807) is 4.90 Å². The number of carbonyl (C=O) groups is 2. The number of amides is 1. The summed E-state index contributed by atoms with van der Waals surface area (Å²) in [6.07, 6.45) is 0.819. The number of halogens is 1. The molecule has 0 radical (unpaired) electrons. The zero-order valence-electron chi connectivity index (χ0n) is 17.4. The number of piperidine rings is 1. The van der Waals surface area contributed by atoms with Crippen LogP contribution in [0.4, 0.5) is 10.2 Å². The summed E-state index contributed by atoms with van der Waals surface area (Å²) in [6, 6.07) is 6.26. The van der Waals surface area contributed by atoms with Gasteiger partial charge in [-0.15, -0.1) is 0 Å². The van der Waals surface area contributed by atoms with Gasteiger partial charge in [-0.1, -0.05) is 0 Å². The first-order chi connectivity index (χ1) is 15.2. The number of benzene rings is 1. The van der Waals surface area contributed by atoms with Crippen LogP contribution >= 0.6 is 0 Å². The van der Waals surface area contributed by atoms with Crippen LogP contribution < -0.4 is 21.5 Å². The molecule has 1 fully saturated rings. The molecule has 168 valence electrons. The van der Waals surface area contributed by atoms with Gasteiger partial charge in [0, 0.05) is 38.7 Å². The predicted octanol–water partition coefficient (Wildman–Crippen LogP) is 0.497. The topological polar surface area (TPSA) is 137 Å². The Morgan fingerprint density at radius 2 is 2.03 bits per heavy atom. The minimum absolute atomic E-state index is 0.00992. The third kappa shape index (κ3) is 4.85. The molecule has 1 saturated heterocycles. The number of aromatic nitrogens is 2. The Labute approximate surface area is 182 Å². The number of aliphatic carboxylic acids is 1. The molecule has 1 atom stereocenters. The molecule has 3 rings (SSSR count). The molecule has 32 heavy (non-hydrogen) atoms. The number of hydrogen-bond donors (Lipinski definition) is 2. The molecule has 0 spiro atoms. The first-order valence-electron chi connectivity index (χ1n) is 10.0. The molecule has 10 nitrogen and oxygen atoms in total. The van der Waals surface area contributed by atoms with Gasteiger partial charge in [0.1, 0.15) is 17.7 Å². The van der Waals surface area contributed by atoms with Crippen molar-refractivity contribution in [2.45, 2.75) is 31.7 Å². The normalized spacial score (nSPS) is 15.8. The Morgan fingerprint density at radius 3 is 2.72 bits per heavy atom. The molecule has 2 N–H and O–H groups in total. The summed E-state index contributed by atoms with van der Waals surface area (Å²) in [5.74, 6) is -1.94. The van der Waals surface area contributed by atoms with Crippen molar-refractivity contribution >= 4 is 17.7 Å². The number of nitrogens with one attached hydrogen (secondary N) is 1. The van der Waals surface area contributed by atoms with Crippen LogP contribution in [0.5, 0.6) is 0 Å². The van der Waals surface area contributed by atoms with Crippen molar-refractivity contribution in [3.05, 3.63) is 56.5 Å². The monoisotopic (exact) mass is 443 g/mol. The molecule has 1 aliphatic heterocycles. The zero-order chi connectivity index (χ0) is 23.4. The molecule has 0 unspecified atom stereocenters. The summed E-state index contributed by atoms with van der Waals surface area (Å²) in [5, 5.41) is 21.0. The molecule has 1 aromatic heterocycles. The van der Waals surface area contributed by atoms with Gasteiger partial charge in [0.25, 0.3) is 5.56 Å². The van der Waals surface area contributed by atoms with Gasteiger partial charge < -0.3 is 15.3 Å². The van der Waals surface area contributed by atoms with Gasteiger partial charge in [-0.05, 0) is 31.0 Å². The lowest BCUT2D eigenvalue weighted by molar-refractivity contribution is -0.138. The van der Waals surface area contributed by atoms with Crippen molar-refractivity contribution in [3.63, 3.8) is 0 Å². The molecule has 1 aliphatic rings. The highest BCUT2D eigenvalue weighted by Crippen LogP contribution is 2.23. The number of carbonyl (C=O) groups excluding carboxylic acids is 1. The van der Waals surface area contributed by atoms with E-state index in [0.717, 1.165) is 21.3 Å². The molecular weight excluding hydrogens is 421 g/mol. The van der Waals surface area contributed by atoms with Gasteiger partial charge in [-0.3, -0.25) is 19.0 Å². The van der Waals surface area contributed by atoms with Crippen molar-refractivity contribution in [2.75, 3.05) is 18.0 Å².